The van der Waals surface area contributed by atoms with E-state index < -0.39 is 6.03 Å². The average Bonchev–Trinajstić information content (AvgIpc) is 3.60. The first-order chi connectivity index (χ1) is 18.6. The maximum absolute atomic E-state index is 13.1. The molecule has 5 aromatic rings. The summed E-state index contributed by atoms with van der Waals surface area (Å²) in [6, 6.07) is 21.3. The highest BCUT2D eigenvalue weighted by Gasteiger charge is 2.23. The second-order valence-corrected chi connectivity index (χ2v) is 9.34. The van der Waals surface area contributed by atoms with E-state index in [4.69, 9.17) is 9.84 Å². The predicted molar refractivity (Wildman–Crippen MR) is 146 cm³/mol. The van der Waals surface area contributed by atoms with Crippen molar-refractivity contribution in [1.29, 1.82) is 0 Å². The fourth-order valence-electron chi connectivity index (χ4n) is 4.84. The molecular formula is C29H26N6O3. The molecule has 0 saturated heterocycles. The highest BCUT2D eigenvalue weighted by atomic mass is 16.5. The molecule has 6 rings (SSSR count). The zero-order valence-electron chi connectivity index (χ0n) is 20.6. The second-order valence-electron chi connectivity index (χ2n) is 9.34. The predicted octanol–water partition coefficient (Wildman–Crippen LogP) is 6.20. The molecule has 0 spiro atoms. The quantitative estimate of drug-likeness (QED) is 0.254. The topological polar surface area (TPSA) is 114 Å². The van der Waals surface area contributed by atoms with Gasteiger partial charge >= 0.3 is 6.03 Å². The van der Waals surface area contributed by atoms with Crippen molar-refractivity contribution < 1.29 is 9.53 Å². The number of nitrogens with one attached hydrogen (secondary N) is 3. The molecule has 38 heavy (non-hydrogen) atoms. The van der Waals surface area contributed by atoms with Gasteiger partial charge in [-0.2, -0.15) is 5.10 Å². The molecule has 1 saturated carbocycles. The van der Waals surface area contributed by atoms with Crippen LogP contribution in [0.2, 0.25) is 0 Å². The highest BCUT2D eigenvalue weighted by Crippen LogP contribution is 2.35. The molecule has 1 fully saturated rings. The number of ether oxygens (including phenoxy) is 1. The van der Waals surface area contributed by atoms with Gasteiger partial charge in [-0.15, -0.1) is 0 Å². The van der Waals surface area contributed by atoms with Gasteiger partial charge in [-0.1, -0.05) is 18.9 Å². The molecule has 3 N–H and O–H groups in total. The summed E-state index contributed by atoms with van der Waals surface area (Å²) in [6.07, 6.45) is 7.84. The number of hydrogen-bond acceptors (Lipinski definition) is 5. The minimum Gasteiger partial charge on any atom is -0.456 e. The van der Waals surface area contributed by atoms with E-state index in [1.807, 2.05) is 42.5 Å². The van der Waals surface area contributed by atoms with Crippen molar-refractivity contribution in [2.24, 2.45) is 0 Å². The number of benzene rings is 2. The number of H-pyrrole nitrogens is 1. The summed E-state index contributed by atoms with van der Waals surface area (Å²) in [4.78, 5) is 31.6. The van der Waals surface area contributed by atoms with Crippen molar-refractivity contribution >= 4 is 28.4 Å². The van der Waals surface area contributed by atoms with Gasteiger partial charge < -0.3 is 15.0 Å². The fraction of sp³-hybridized carbons (Fsp3) is 0.172. The molecular weight excluding hydrogens is 480 g/mol. The van der Waals surface area contributed by atoms with Crippen LogP contribution in [-0.2, 0) is 0 Å². The lowest BCUT2D eigenvalue weighted by Crippen LogP contribution is -2.21. The molecule has 0 aliphatic heterocycles. The van der Waals surface area contributed by atoms with Crippen molar-refractivity contribution in [3.63, 3.8) is 0 Å². The zero-order valence-corrected chi connectivity index (χ0v) is 20.6. The van der Waals surface area contributed by atoms with E-state index >= 15 is 0 Å². The molecule has 2 amide bonds. The molecule has 3 aromatic heterocycles. The zero-order chi connectivity index (χ0) is 25.9. The number of amides is 2. The highest BCUT2D eigenvalue weighted by molar-refractivity contribution is 5.99. The van der Waals surface area contributed by atoms with Gasteiger partial charge in [-0.05, 0) is 61.4 Å². The number of pyridine rings is 2. The third kappa shape index (κ3) is 5.12. The summed E-state index contributed by atoms with van der Waals surface area (Å²) in [6.45, 7) is 0. The number of rotatable bonds is 6. The van der Waals surface area contributed by atoms with Crippen LogP contribution in [0.4, 0.5) is 16.3 Å². The van der Waals surface area contributed by atoms with Crippen molar-refractivity contribution in [3.05, 3.63) is 101 Å². The molecule has 2 aromatic carbocycles. The molecule has 0 atom stereocenters. The molecule has 0 radical (unpaired) electrons. The Hall–Kier alpha value is -4.92. The first kappa shape index (κ1) is 23.5. The largest absolute Gasteiger partial charge is 0.456 e. The molecule has 0 bridgehead atoms. The Labute approximate surface area is 218 Å². The van der Waals surface area contributed by atoms with Crippen molar-refractivity contribution in [2.75, 3.05) is 10.6 Å². The minimum absolute atomic E-state index is 0.151. The third-order valence-electron chi connectivity index (χ3n) is 6.66. The van der Waals surface area contributed by atoms with Crippen molar-refractivity contribution in [3.8, 4) is 17.2 Å². The Morgan fingerprint density at radius 2 is 1.82 bits per heavy atom. The first-order valence-electron chi connectivity index (χ1n) is 12.6. The molecule has 0 unspecified atom stereocenters. The number of urea groups is 1. The van der Waals surface area contributed by atoms with Gasteiger partial charge in [-0.25, -0.2) is 9.48 Å². The van der Waals surface area contributed by atoms with Crippen LogP contribution in [-0.4, -0.2) is 25.8 Å². The fourth-order valence-corrected chi connectivity index (χ4v) is 4.84. The van der Waals surface area contributed by atoms with E-state index in [0.717, 1.165) is 35.1 Å². The van der Waals surface area contributed by atoms with Crippen molar-refractivity contribution in [2.45, 2.75) is 31.6 Å². The van der Waals surface area contributed by atoms with Crippen LogP contribution in [0.15, 0.2) is 90.0 Å². The SMILES string of the molecule is O=C(Nc1cccc(Oc2cccnc2)c1)Nc1cc(C2CCCC2)nn1-c1ccc2[nH]c(=O)ccc2c1. The summed E-state index contributed by atoms with van der Waals surface area (Å²) < 4.78 is 7.58. The van der Waals surface area contributed by atoms with Gasteiger partial charge in [0.2, 0.25) is 5.56 Å². The number of fused-ring (bicyclic) bond motifs is 1. The summed E-state index contributed by atoms with van der Waals surface area (Å²) in [5.41, 5.74) is 2.93. The first-order valence-corrected chi connectivity index (χ1v) is 12.6. The molecule has 1 aliphatic carbocycles. The number of aromatic amines is 1. The number of carbonyl (C=O) groups excluding carboxylic acids is 1. The Balaban J connectivity index is 1.25. The summed E-state index contributed by atoms with van der Waals surface area (Å²) in [5.74, 6) is 2.13. The Bertz CT molecular complexity index is 1650. The van der Waals surface area contributed by atoms with Crippen LogP contribution in [0.5, 0.6) is 11.5 Å². The monoisotopic (exact) mass is 506 g/mol. The van der Waals surface area contributed by atoms with E-state index in [2.05, 4.69) is 20.6 Å². The van der Waals surface area contributed by atoms with Gasteiger partial charge in [0.1, 0.15) is 17.3 Å². The third-order valence-corrected chi connectivity index (χ3v) is 6.66. The number of anilines is 2. The van der Waals surface area contributed by atoms with Crippen molar-refractivity contribution in [1.82, 2.24) is 19.7 Å². The van der Waals surface area contributed by atoms with Gasteiger partial charge in [0.05, 0.1) is 17.6 Å². The Morgan fingerprint density at radius 1 is 0.947 bits per heavy atom. The van der Waals surface area contributed by atoms with E-state index in [0.29, 0.717) is 28.9 Å². The van der Waals surface area contributed by atoms with Gasteiger partial charge in [0.15, 0.2) is 0 Å². The van der Waals surface area contributed by atoms with Crippen LogP contribution in [0.3, 0.4) is 0 Å². The van der Waals surface area contributed by atoms with Crippen LogP contribution in [0, 0.1) is 0 Å². The normalized spacial score (nSPS) is 13.5. The maximum atomic E-state index is 13.1. The number of aromatic nitrogens is 4. The van der Waals surface area contributed by atoms with E-state index in [-0.39, 0.29) is 5.56 Å². The molecule has 190 valence electrons. The van der Waals surface area contributed by atoms with Gasteiger partial charge in [-0.3, -0.25) is 15.1 Å². The van der Waals surface area contributed by atoms with Crippen LogP contribution in [0.1, 0.15) is 37.3 Å². The molecule has 9 nitrogen and oxygen atoms in total. The summed E-state index contributed by atoms with van der Waals surface area (Å²) >= 11 is 0. The number of carbonyl (C=O) groups is 1. The standard InChI is InChI=1S/C29H26N6O3/c36-28-13-10-20-15-22(11-12-25(20)32-28)35-27(17-26(34-35)19-5-1-2-6-19)33-29(37)31-21-7-3-8-23(16-21)38-24-9-4-14-30-18-24/h3-4,7-19H,1-2,5-6H2,(H,32,36)(H2,31,33,37). The summed E-state index contributed by atoms with van der Waals surface area (Å²) in [5, 5.41) is 11.6. The maximum Gasteiger partial charge on any atom is 0.324 e. The minimum atomic E-state index is -0.396. The van der Waals surface area contributed by atoms with E-state index in [1.54, 1.807) is 41.3 Å². The Morgan fingerprint density at radius 3 is 2.66 bits per heavy atom. The second kappa shape index (κ2) is 10.2. The van der Waals surface area contributed by atoms with Crippen LogP contribution in [0.25, 0.3) is 16.6 Å². The van der Waals surface area contributed by atoms with Gasteiger partial charge in [0, 0.05) is 46.9 Å². The molecule has 3 heterocycles. The van der Waals surface area contributed by atoms with E-state index in [1.165, 1.54) is 18.9 Å². The summed E-state index contributed by atoms with van der Waals surface area (Å²) in [7, 11) is 0. The van der Waals surface area contributed by atoms with Gasteiger partial charge in [0.25, 0.3) is 0 Å². The Kier molecular flexibility index (Phi) is 6.31. The lowest BCUT2D eigenvalue weighted by Gasteiger charge is -2.12. The van der Waals surface area contributed by atoms with E-state index in [9.17, 15) is 9.59 Å². The average molecular weight is 507 g/mol. The number of nitrogens with zero attached hydrogens (tertiary/aromatic N) is 3. The molecule has 9 heteroatoms. The number of hydrogen-bond donors (Lipinski definition) is 3. The van der Waals surface area contributed by atoms with Crippen LogP contribution >= 0.6 is 0 Å². The lowest BCUT2D eigenvalue weighted by atomic mass is 10.0. The molecule has 1 aliphatic rings. The van der Waals surface area contributed by atoms with Crippen LogP contribution < -0.4 is 20.9 Å². The lowest BCUT2D eigenvalue weighted by molar-refractivity contribution is 0.262. The smallest absolute Gasteiger partial charge is 0.324 e.